The fourth-order valence-corrected chi connectivity index (χ4v) is 8.76. The van der Waals surface area contributed by atoms with Crippen LogP contribution in [0.25, 0.3) is 0 Å². The second kappa shape index (κ2) is 16.9. The molecule has 4 rings (SSSR count). The first kappa shape index (κ1) is 40.9. The maximum absolute atomic E-state index is 13.5. The molecule has 0 aromatic heterocycles. The van der Waals surface area contributed by atoms with Gasteiger partial charge in [0.1, 0.15) is 6.54 Å². The molecule has 0 spiro atoms. The molecule has 2 heterocycles. The van der Waals surface area contributed by atoms with E-state index >= 15 is 0 Å². The predicted molar refractivity (Wildman–Crippen MR) is 209 cm³/mol. The quantitative estimate of drug-likeness (QED) is 0.0789. The third kappa shape index (κ3) is 9.20. The van der Waals surface area contributed by atoms with Gasteiger partial charge < -0.3 is 9.64 Å². The first-order valence-corrected chi connectivity index (χ1v) is 21.0. The lowest BCUT2D eigenvalue weighted by molar-refractivity contribution is -0.437. The lowest BCUT2D eigenvalue weighted by atomic mass is 9.81. The molecular formula is C40H54N3O7S2+. The van der Waals surface area contributed by atoms with E-state index in [-0.39, 0.29) is 35.0 Å². The Morgan fingerprint density at radius 2 is 1.62 bits per heavy atom. The average Bonchev–Trinajstić information content (AvgIpc) is 3.42. The van der Waals surface area contributed by atoms with E-state index in [0.717, 1.165) is 46.9 Å². The lowest BCUT2D eigenvalue weighted by Gasteiger charge is -2.26. The van der Waals surface area contributed by atoms with Crippen LogP contribution >= 0.6 is 0 Å². The summed E-state index contributed by atoms with van der Waals surface area (Å²) in [5.41, 5.74) is 5.52. The number of hydrogen-bond acceptors (Lipinski definition) is 7. The van der Waals surface area contributed by atoms with Gasteiger partial charge in [-0.3, -0.25) is 9.35 Å². The van der Waals surface area contributed by atoms with Crippen molar-refractivity contribution in [2.24, 2.45) is 0 Å². The van der Waals surface area contributed by atoms with Gasteiger partial charge in [0.15, 0.2) is 5.71 Å². The summed E-state index contributed by atoms with van der Waals surface area (Å²) in [4.78, 5) is 14.2. The number of nitrogens with zero attached hydrogens (tertiary/aromatic N) is 3. The van der Waals surface area contributed by atoms with Gasteiger partial charge in [-0.25, -0.2) is 12.7 Å². The number of carbonyl (C=O) groups excluding carboxylic acids is 1. The van der Waals surface area contributed by atoms with Gasteiger partial charge in [-0.2, -0.15) is 13.0 Å². The highest BCUT2D eigenvalue weighted by Gasteiger charge is 2.44. The van der Waals surface area contributed by atoms with E-state index in [1.165, 1.54) is 11.4 Å². The number of allylic oxidation sites excluding steroid dienone is 8. The molecule has 0 fully saturated rings. The zero-order chi connectivity index (χ0) is 38.3. The highest BCUT2D eigenvalue weighted by Crippen LogP contribution is 2.48. The number of carbonyl (C=O) groups is 1. The summed E-state index contributed by atoms with van der Waals surface area (Å²) in [5, 5.41) is 0. The minimum atomic E-state index is -4.04. The minimum Gasteiger partial charge on any atom is -0.466 e. The van der Waals surface area contributed by atoms with Crippen LogP contribution in [-0.4, -0.2) is 81.0 Å². The van der Waals surface area contributed by atoms with E-state index in [4.69, 9.17) is 4.74 Å². The van der Waals surface area contributed by atoms with E-state index in [9.17, 15) is 26.2 Å². The van der Waals surface area contributed by atoms with E-state index in [0.29, 0.717) is 26.0 Å². The van der Waals surface area contributed by atoms with Gasteiger partial charge >= 0.3 is 5.97 Å². The van der Waals surface area contributed by atoms with Crippen molar-refractivity contribution in [2.45, 2.75) is 83.0 Å². The van der Waals surface area contributed by atoms with Crippen LogP contribution < -0.4 is 4.90 Å². The van der Waals surface area contributed by atoms with Crippen LogP contribution in [0.3, 0.4) is 0 Å². The monoisotopic (exact) mass is 752 g/mol. The van der Waals surface area contributed by atoms with Crippen LogP contribution in [0.15, 0.2) is 95.6 Å². The number of benzene rings is 2. The Balaban J connectivity index is 1.52. The molecule has 0 atom stereocenters. The van der Waals surface area contributed by atoms with Gasteiger partial charge in [-0.05, 0) is 63.5 Å². The molecule has 1 N–H and O–H groups in total. The van der Waals surface area contributed by atoms with Gasteiger partial charge in [0.2, 0.25) is 15.7 Å². The molecule has 12 heteroatoms. The average molecular weight is 753 g/mol. The zero-order valence-corrected chi connectivity index (χ0v) is 33.1. The summed E-state index contributed by atoms with van der Waals surface area (Å²) in [6, 6.07) is 13.5. The highest BCUT2D eigenvalue weighted by molar-refractivity contribution is 7.89. The summed E-state index contributed by atoms with van der Waals surface area (Å²) in [6.07, 6.45) is 15.7. The van der Waals surface area contributed by atoms with Crippen LogP contribution in [0.4, 0.5) is 11.4 Å². The predicted octanol–water partition coefficient (Wildman–Crippen LogP) is 7.06. The Hall–Kier alpha value is -3.84. The molecule has 2 aliphatic rings. The van der Waals surface area contributed by atoms with Gasteiger partial charge in [0.25, 0.3) is 10.1 Å². The first-order valence-electron chi connectivity index (χ1n) is 17.9. The van der Waals surface area contributed by atoms with Crippen molar-refractivity contribution >= 4 is 43.2 Å². The maximum Gasteiger partial charge on any atom is 0.305 e. The van der Waals surface area contributed by atoms with Crippen molar-refractivity contribution in [1.29, 1.82) is 0 Å². The standard InChI is InChI=1S/C40H53N3O7S2/c1-8-26-42-35-25-24-31(52(48,49)41(7)27-17-23-38(44)50-9-2)30-33(35)40(5,6)37(42)22-14-12-10-11-13-21-36-39(3,4)32-19-15-16-20-34(32)43(36)28-18-29-51(45,46)47/h10-16,19-22,24-25,30H,8-9,17-18,23,26-29H2,1-7H3/p+1. The van der Waals surface area contributed by atoms with Crippen LogP contribution in [0, 0.1) is 0 Å². The van der Waals surface area contributed by atoms with Gasteiger partial charge in [-0.1, -0.05) is 69.4 Å². The van der Waals surface area contributed by atoms with E-state index < -0.39 is 25.6 Å². The van der Waals surface area contributed by atoms with Crippen molar-refractivity contribution in [3.8, 4) is 0 Å². The number of esters is 1. The molecule has 282 valence electrons. The molecule has 2 aromatic rings. The Labute approximate surface area is 310 Å². The normalized spacial score (nSPS) is 17.7. The first-order chi connectivity index (χ1) is 24.5. The number of rotatable bonds is 17. The van der Waals surface area contributed by atoms with Crippen LogP contribution in [-0.2, 0) is 40.5 Å². The molecule has 0 bridgehead atoms. The van der Waals surface area contributed by atoms with Gasteiger partial charge in [0, 0.05) is 67.5 Å². The summed E-state index contributed by atoms with van der Waals surface area (Å²) in [5.74, 6) is -0.624. The molecule has 10 nitrogen and oxygen atoms in total. The van der Waals surface area contributed by atoms with Gasteiger partial charge in [-0.15, -0.1) is 0 Å². The molecule has 52 heavy (non-hydrogen) atoms. The third-order valence-electron chi connectivity index (χ3n) is 9.71. The molecule has 2 aliphatic heterocycles. The summed E-state index contributed by atoms with van der Waals surface area (Å²) in [6.45, 7) is 14.1. The third-order valence-corrected chi connectivity index (χ3v) is 12.4. The van der Waals surface area contributed by atoms with Crippen molar-refractivity contribution in [3.63, 3.8) is 0 Å². The molecule has 0 unspecified atom stereocenters. The number of hydrogen-bond donors (Lipinski definition) is 1. The van der Waals surface area contributed by atoms with Crippen LogP contribution in [0.2, 0.25) is 0 Å². The number of ether oxygens (including phenoxy) is 1. The molecule has 2 aromatic carbocycles. The Morgan fingerprint density at radius 3 is 2.31 bits per heavy atom. The van der Waals surface area contributed by atoms with Crippen molar-refractivity contribution in [3.05, 3.63) is 102 Å². The van der Waals surface area contributed by atoms with Crippen molar-refractivity contribution in [1.82, 2.24) is 4.31 Å². The van der Waals surface area contributed by atoms with E-state index in [2.05, 4.69) is 62.3 Å². The Bertz CT molecular complexity index is 2010. The zero-order valence-electron chi connectivity index (χ0n) is 31.5. The summed E-state index contributed by atoms with van der Waals surface area (Å²) in [7, 11) is -6.27. The molecule has 0 amide bonds. The topological polar surface area (TPSA) is 124 Å². The number of para-hydroxylation sites is 1. The maximum atomic E-state index is 13.5. The van der Waals surface area contributed by atoms with E-state index in [1.54, 1.807) is 19.1 Å². The second-order valence-corrected chi connectivity index (χ2v) is 17.8. The Kier molecular flexibility index (Phi) is 13.3. The smallest absolute Gasteiger partial charge is 0.305 e. The lowest BCUT2D eigenvalue weighted by Crippen LogP contribution is -2.28. The number of sulfonamides is 1. The summed E-state index contributed by atoms with van der Waals surface area (Å²) >= 11 is 0. The highest BCUT2D eigenvalue weighted by atomic mass is 32.2. The molecule has 0 radical (unpaired) electrons. The SMILES string of the molecule is CCCN1/C(=C/C=C/C=C/C=C/C2=[N+](CCCS(=O)(=O)O)c3ccccc3C2(C)C)C(C)(C)c2cc(S(=O)(=O)N(C)CCCC(=O)OCC)ccc21. The molecule has 0 saturated heterocycles. The van der Waals surface area contributed by atoms with Crippen molar-refractivity contribution in [2.75, 3.05) is 43.9 Å². The summed E-state index contributed by atoms with van der Waals surface area (Å²) < 4.78 is 67.5. The molecular weight excluding hydrogens is 699 g/mol. The van der Waals surface area contributed by atoms with Crippen LogP contribution in [0.5, 0.6) is 0 Å². The second-order valence-electron chi connectivity index (χ2n) is 14.2. The van der Waals surface area contributed by atoms with Gasteiger partial charge in [0.05, 0.1) is 22.7 Å². The molecule has 0 saturated carbocycles. The van der Waals surface area contributed by atoms with Crippen molar-refractivity contribution < 1.29 is 35.5 Å². The Morgan fingerprint density at radius 1 is 0.923 bits per heavy atom. The number of fused-ring (bicyclic) bond motifs is 2. The minimum absolute atomic E-state index is 0.164. The number of anilines is 1. The largest absolute Gasteiger partial charge is 0.466 e. The molecule has 0 aliphatic carbocycles. The van der Waals surface area contributed by atoms with Crippen LogP contribution in [0.1, 0.15) is 78.4 Å². The fraction of sp³-hybridized carbons (Fsp3) is 0.450. The fourth-order valence-electron chi connectivity index (χ4n) is 7.03. The van der Waals surface area contributed by atoms with E-state index in [1.807, 2.05) is 54.6 Å².